The van der Waals surface area contributed by atoms with E-state index in [1.807, 2.05) is 12.2 Å². The van der Waals surface area contributed by atoms with Gasteiger partial charge in [-0.15, -0.1) is 0 Å². The van der Waals surface area contributed by atoms with Crippen LogP contribution in [-0.4, -0.2) is 53.3 Å². The Bertz CT molecular complexity index is 1140. The van der Waals surface area contributed by atoms with Gasteiger partial charge in [-0.2, -0.15) is 0 Å². The summed E-state index contributed by atoms with van der Waals surface area (Å²) < 4.78 is 32.0. The number of phosphoric ester groups is 1. The third-order valence-electron chi connectivity index (χ3n) is 9.47. The van der Waals surface area contributed by atoms with E-state index in [1.54, 1.807) is 0 Å². The summed E-state index contributed by atoms with van der Waals surface area (Å²) in [5.74, 6) is -0.985. The molecule has 9 nitrogen and oxygen atoms in total. The standard InChI is InChI=1S/C45H77O9P/c1-3-5-7-8-9-10-11-12-13-14-15-16-21-24-27-30-34-38-45(47)53-41(40-52-55(48,49)50)39-51-44(46)37-33-29-26-23-20-18-17-19-22-25-28-32-36-43-42(54-43)35-31-6-4-2/h6,18-20,22,26,28-29,31-32,41-43H,3-5,7-17,21,23-25,27,30,33-40H2,1-2H3,(H2,48,49,50)/b20-18-,22-19-,29-26-,31-6-,32-28-/t41-,42?,43?/m1/s1. The Hall–Kier alpha value is -2.29. The predicted octanol–water partition coefficient (Wildman–Crippen LogP) is 12.3. The van der Waals surface area contributed by atoms with E-state index in [2.05, 4.69) is 67.0 Å². The van der Waals surface area contributed by atoms with Crippen LogP contribution in [0.5, 0.6) is 0 Å². The number of phosphoric acid groups is 1. The quantitative estimate of drug-likeness (QED) is 0.0206. The number of ether oxygens (including phenoxy) is 3. The lowest BCUT2D eigenvalue weighted by atomic mass is 10.0. The number of esters is 2. The molecule has 1 rings (SSSR count). The maximum absolute atomic E-state index is 12.4. The van der Waals surface area contributed by atoms with Crippen LogP contribution in [0.3, 0.4) is 0 Å². The molecule has 1 aliphatic rings. The van der Waals surface area contributed by atoms with Crippen molar-refractivity contribution in [2.45, 2.75) is 199 Å². The highest BCUT2D eigenvalue weighted by atomic mass is 31.2. The number of hydrogen-bond donors (Lipinski definition) is 2. The molecule has 0 amide bonds. The number of carbonyl (C=O) groups is 2. The molecular weight excluding hydrogens is 715 g/mol. The van der Waals surface area contributed by atoms with Gasteiger partial charge in [0.2, 0.25) is 0 Å². The third kappa shape index (κ3) is 35.8. The van der Waals surface area contributed by atoms with Gasteiger partial charge in [-0.3, -0.25) is 14.1 Å². The van der Waals surface area contributed by atoms with Gasteiger partial charge in [-0.25, -0.2) is 4.57 Å². The summed E-state index contributed by atoms with van der Waals surface area (Å²) in [6, 6.07) is 0. The Morgan fingerprint density at radius 2 is 1.04 bits per heavy atom. The summed E-state index contributed by atoms with van der Waals surface area (Å²) in [4.78, 5) is 42.9. The van der Waals surface area contributed by atoms with Crippen molar-refractivity contribution in [1.29, 1.82) is 0 Å². The molecule has 0 aromatic carbocycles. The van der Waals surface area contributed by atoms with E-state index < -0.39 is 32.5 Å². The van der Waals surface area contributed by atoms with Crippen molar-refractivity contribution in [2.75, 3.05) is 13.2 Å². The summed E-state index contributed by atoms with van der Waals surface area (Å²) in [6.07, 6.45) is 48.5. The molecule has 55 heavy (non-hydrogen) atoms. The fourth-order valence-electron chi connectivity index (χ4n) is 6.15. The lowest BCUT2D eigenvalue weighted by Gasteiger charge is -2.18. The molecule has 1 fully saturated rings. The molecule has 2 N–H and O–H groups in total. The SMILES string of the molecule is CC/C=C\CC1OC1C/C=C\C/C=C\C/C=C\C/C=C\CCC(=O)OC[C@H](COP(=O)(O)O)OC(=O)CCCCCCCCCCCCCCCCCCC. The van der Waals surface area contributed by atoms with Gasteiger partial charge < -0.3 is 24.0 Å². The average Bonchev–Trinajstić information content (AvgIpc) is 3.91. The number of rotatable bonds is 38. The van der Waals surface area contributed by atoms with Crippen LogP contribution in [0.25, 0.3) is 0 Å². The summed E-state index contributed by atoms with van der Waals surface area (Å²) in [5.41, 5.74) is 0. The van der Waals surface area contributed by atoms with Gasteiger partial charge >= 0.3 is 19.8 Å². The van der Waals surface area contributed by atoms with Crippen LogP contribution >= 0.6 is 7.82 Å². The van der Waals surface area contributed by atoms with Crippen LogP contribution in [0.2, 0.25) is 0 Å². The zero-order chi connectivity index (χ0) is 40.1. The van der Waals surface area contributed by atoms with Crippen LogP contribution in [0.1, 0.15) is 181 Å². The Morgan fingerprint density at radius 3 is 1.53 bits per heavy atom. The molecule has 0 aliphatic carbocycles. The lowest BCUT2D eigenvalue weighted by molar-refractivity contribution is -0.161. The number of unbranched alkanes of at least 4 members (excludes halogenated alkanes) is 16. The van der Waals surface area contributed by atoms with Crippen LogP contribution in [0.4, 0.5) is 0 Å². The second kappa shape index (κ2) is 36.1. The molecule has 0 bridgehead atoms. The van der Waals surface area contributed by atoms with Crippen molar-refractivity contribution in [3.63, 3.8) is 0 Å². The summed E-state index contributed by atoms with van der Waals surface area (Å²) in [5, 5.41) is 0. The largest absolute Gasteiger partial charge is 0.469 e. The molecule has 1 aliphatic heterocycles. The molecule has 0 aromatic rings. The van der Waals surface area contributed by atoms with E-state index in [1.165, 1.54) is 83.5 Å². The van der Waals surface area contributed by atoms with E-state index >= 15 is 0 Å². The van der Waals surface area contributed by atoms with Gasteiger partial charge in [-0.05, 0) is 51.4 Å². The Labute approximate surface area is 334 Å². The third-order valence-corrected chi connectivity index (χ3v) is 9.95. The predicted molar refractivity (Wildman–Crippen MR) is 225 cm³/mol. The molecule has 3 atom stereocenters. The zero-order valence-electron chi connectivity index (χ0n) is 34.5. The van der Waals surface area contributed by atoms with Crippen molar-refractivity contribution in [3.8, 4) is 0 Å². The monoisotopic (exact) mass is 793 g/mol. The highest BCUT2D eigenvalue weighted by Gasteiger charge is 2.35. The van der Waals surface area contributed by atoms with Crippen LogP contribution in [-0.2, 0) is 32.9 Å². The first-order valence-electron chi connectivity index (χ1n) is 21.7. The molecule has 316 valence electrons. The summed E-state index contributed by atoms with van der Waals surface area (Å²) in [7, 11) is -4.77. The minimum absolute atomic E-state index is 0.138. The molecule has 1 saturated heterocycles. The highest BCUT2D eigenvalue weighted by molar-refractivity contribution is 7.46. The van der Waals surface area contributed by atoms with Crippen LogP contribution in [0, 0.1) is 0 Å². The summed E-state index contributed by atoms with van der Waals surface area (Å²) >= 11 is 0. The molecule has 0 radical (unpaired) electrons. The van der Waals surface area contributed by atoms with Gasteiger partial charge in [0.05, 0.1) is 18.8 Å². The number of allylic oxidation sites excluding steroid dienone is 8. The Balaban J connectivity index is 2.09. The Kier molecular flexibility index (Phi) is 33.3. The van der Waals surface area contributed by atoms with Crippen molar-refractivity contribution in [2.24, 2.45) is 0 Å². The van der Waals surface area contributed by atoms with Gasteiger partial charge in [-0.1, -0.05) is 177 Å². The summed E-state index contributed by atoms with van der Waals surface area (Å²) in [6.45, 7) is 3.51. The lowest BCUT2D eigenvalue weighted by Crippen LogP contribution is -2.29. The minimum Gasteiger partial charge on any atom is -0.462 e. The maximum atomic E-state index is 12.4. The number of hydrogen-bond acceptors (Lipinski definition) is 7. The first kappa shape index (κ1) is 50.7. The van der Waals surface area contributed by atoms with E-state index in [9.17, 15) is 14.2 Å². The van der Waals surface area contributed by atoms with E-state index in [0.29, 0.717) is 25.0 Å². The first-order valence-corrected chi connectivity index (χ1v) is 23.2. The van der Waals surface area contributed by atoms with Gasteiger partial charge in [0.25, 0.3) is 0 Å². The van der Waals surface area contributed by atoms with Crippen LogP contribution in [0.15, 0.2) is 60.8 Å². The number of epoxide rings is 1. The van der Waals surface area contributed by atoms with Crippen molar-refractivity contribution in [3.05, 3.63) is 60.8 Å². The Morgan fingerprint density at radius 1 is 0.582 bits per heavy atom. The fourth-order valence-corrected chi connectivity index (χ4v) is 6.51. The van der Waals surface area contributed by atoms with E-state index in [0.717, 1.165) is 57.8 Å². The second-order valence-corrected chi connectivity index (χ2v) is 15.9. The molecule has 0 aromatic heterocycles. The van der Waals surface area contributed by atoms with Gasteiger partial charge in [0.15, 0.2) is 6.10 Å². The second-order valence-electron chi connectivity index (χ2n) is 14.7. The molecule has 10 heteroatoms. The van der Waals surface area contributed by atoms with E-state index in [4.69, 9.17) is 24.0 Å². The van der Waals surface area contributed by atoms with E-state index in [-0.39, 0.29) is 19.4 Å². The highest BCUT2D eigenvalue weighted by Crippen LogP contribution is 2.36. The topological polar surface area (TPSA) is 132 Å². The number of carbonyl (C=O) groups excluding carboxylic acids is 2. The first-order chi connectivity index (χ1) is 26.7. The van der Waals surface area contributed by atoms with Crippen molar-refractivity contribution >= 4 is 19.8 Å². The van der Waals surface area contributed by atoms with Gasteiger partial charge in [0, 0.05) is 12.8 Å². The maximum Gasteiger partial charge on any atom is 0.469 e. The van der Waals surface area contributed by atoms with Gasteiger partial charge in [0.1, 0.15) is 6.61 Å². The van der Waals surface area contributed by atoms with Crippen LogP contribution < -0.4 is 0 Å². The molecule has 0 spiro atoms. The van der Waals surface area contributed by atoms with Crippen molar-refractivity contribution in [1.82, 2.24) is 0 Å². The molecule has 0 saturated carbocycles. The molecule has 1 heterocycles. The average molecular weight is 793 g/mol. The smallest absolute Gasteiger partial charge is 0.462 e. The zero-order valence-corrected chi connectivity index (χ0v) is 35.4. The minimum atomic E-state index is -4.77. The normalized spacial score (nSPS) is 16.7. The van der Waals surface area contributed by atoms with Crippen molar-refractivity contribution < 1.29 is 42.7 Å². The fraction of sp³-hybridized carbons (Fsp3) is 0.733. The molecule has 2 unspecified atom stereocenters. The molecular formula is C45H77O9P.